The van der Waals surface area contributed by atoms with Gasteiger partial charge in [-0.3, -0.25) is 4.79 Å². The van der Waals surface area contributed by atoms with Crippen molar-refractivity contribution in [3.05, 3.63) is 71.0 Å². The fourth-order valence-electron chi connectivity index (χ4n) is 3.17. The van der Waals surface area contributed by atoms with Gasteiger partial charge < -0.3 is 10.3 Å². The van der Waals surface area contributed by atoms with Gasteiger partial charge in [0.05, 0.1) is 17.2 Å². The molecule has 2 N–H and O–H groups in total. The molecule has 3 rings (SSSR count). The Kier molecular flexibility index (Phi) is 5.06. The number of H-pyrrole nitrogens is 1. The first-order valence-corrected chi connectivity index (χ1v) is 8.61. The number of aromatic nitrogens is 1. The lowest BCUT2D eigenvalue weighted by Gasteiger charge is -2.08. The van der Waals surface area contributed by atoms with Crippen molar-refractivity contribution < 1.29 is 4.79 Å². The van der Waals surface area contributed by atoms with Crippen LogP contribution in [0, 0.1) is 22.7 Å². The van der Waals surface area contributed by atoms with Crippen molar-refractivity contribution in [3.63, 3.8) is 0 Å². The topological polar surface area (TPSA) is 92.5 Å². The smallest absolute Gasteiger partial charge is 0.268 e. The van der Waals surface area contributed by atoms with E-state index in [1.54, 1.807) is 13.1 Å². The van der Waals surface area contributed by atoms with Gasteiger partial charge in [0.25, 0.3) is 5.91 Å². The highest BCUT2D eigenvalue weighted by Gasteiger charge is 2.22. The van der Waals surface area contributed by atoms with Gasteiger partial charge in [0.1, 0.15) is 11.8 Å². The van der Waals surface area contributed by atoms with E-state index in [4.69, 9.17) is 0 Å². The van der Waals surface area contributed by atoms with E-state index in [1.165, 1.54) is 0 Å². The lowest BCUT2D eigenvalue weighted by atomic mass is 9.95. The van der Waals surface area contributed by atoms with E-state index in [1.807, 2.05) is 49.4 Å². The van der Waals surface area contributed by atoms with Gasteiger partial charge in [-0.2, -0.15) is 10.5 Å². The number of amides is 1. The highest BCUT2D eigenvalue weighted by atomic mass is 16.1. The summed E-state index contributed by atoms with van der Waals surface area (Å²) in [5.74, 6) is -0.264. The molecule has 5 heteroatoms. The lowest BCUT2D eigenvalue weighted by Crippen LogP contribution is -2.19. The lowest BCUT2D eigenvalue weighted by molar-refractivity contribution is 0.0959. The van der Waals surface area contributed by atoms with E-state index in [2.05, 4.69) is 22.4 Å². The summed E-state index contributed by atoms with van der Waals surface area (Å²) in [6.45, 7) is 1.94. The van der Waals surface area contributed by atoms with Gasteiger partial charge >= 0.3 is 0 Å². The van der Waals surface area contributed by atoms with Gasteiger partial charge in [-0.15, -0.1) is 0 Å². The Labute approximate surface area is 157 Å². The van der Waals surface area contributed by atoms with Crippen molar-refractivity contribution in [1.29, 1.82) is 10.5 Å². The maximum Gasteiger partial charge on any atom is 0.268 e. The zero-order valence-electron chi connectivity index (χ0n) is 15.1. The Balaban J connectivity index is 2.13. The van der Waals surface area contributed by atoms with E-state index in [-0.39, 0.29) is 5.91 Å². The molecule has 132 valence electrons. The monoisotopic (exact) mass is 354 g/mol. The van der Waals surface area contributed by atoms with Crippen molar-refractivity contribution in [1.82, 2.24) is 10.3 Å². The number of nitrogens with zero attached hydrogens (tertiary/aromatic N) is 2. The first kappa shape index (κ1) is 18.0. The Hall–Kier alpha value is -3.83. The Morgan fingerprint density at radius 3 is 2.30 bits per heavy atom. The number of hydrogen-bond donors (Lipinski definition) is 2. The molecule has 5 nitrogen and oxygen atoms in total. The number of nitrogens with one attached hydrogen (secondary N) is 2. The summed E-state index contributed by atoms with van der Waals surface area (Å²) in [5.41, 5.74) is 5.35. The van der Waals surface area contributed by atoms with Gasteiger partial charge in [-0.25, -0.2) is 0 Å². The van der Waals surface area contributed by atoms with Crippen LogP contribution in [0.25, 0.3) is 22.3 Å². The average molecular weight is 354 g/mol. The number of aryl methyl sites for hydroxylation is 1. The second kappa shape index (κ2) is 7.59. The molecule has 1 amide bonds. The largest absolute Gasteiger partial charge is 0.354 e. The van der Waals surface area contributed by atoms with Crippen molar-refractivity contribution in [2.45, 2.75) is 13.3 Å². The average Bonchev–Trinajstić information content (AvgIpc) is 3.12. The van der Waals surface area contributed by atoms with Gasteiger partial charge in [0.15, 0.2) is 0 Å². The molecule has 0 atom stereocenters. The number of aromatic amines is 1. The molecule has 0 radical (unpaired) electrons. The van der Waals surface area contributed by atoms with Crippen molar-refractivity contribution in [3.8, 4) is 34.4 Å². The normalized spacial score (nSPS) is 10.1. The summed E-state index contributed by atoms with van der Waals surface area (Å²) in [7, 11) is 1.56. The van der Waals surface area contributed by atoms with Crippen molar-refractivity contribution >= 4 is 5.91 Å². The van der Waals surface area contributed by atoms with Gasteiger partial charge in [-0.05, 0) is 29.2 Å². The molecular weight excluding hydrogens is 336 g/mol. The molecule has 1 aromatic heterocycles. The maximum atomic E-state index is 12.3. The van der Waals surface area contributed by atoms with Crippen LogP contribution >= 0.6 is 0 Å². The van der Waals surface area contributed by atoms with E-state index in [9.17, 15) is 15.3 Å². The first-order chi connectivity index (χ1) is 13.1. The molecule has 0 fully saturated rings. The minimum absolute atomic E-state index is 0.264. The van der Waals surface area contributed by atoms with Crippen LogP contribution in [0.2, 0.25) is 0 Å². The number of carbonyl (C=O) groups excluding carboxylic acids is 1. The molecule has 3 aromatic rings. The predicted molar refractivity (Wildman–Crippen MR) is 104 cm³/mol. The van der Waals surface area contributed by atoms with Crippen LogP contribution < -0.4 is 5.32 Å². The van der Waals surface area contributed by atoms with Gasteiger partial charge in [0, 0.05) is 18.3 Å². The second-order valence-corrected chi connectivity index (χ2v) is 6.01. The van der Waals surface area contributed by atoms with Gasteiger partial charge in [0.2, 0.25) is 0 Å². The number of rotatable bonds is 4. The molecule has 27 heavy (non-hydrogen) atoms. The molecule has 0 bridgehead atoms. The second-order valence-electron chi connectivity index (χ2n) is 6.01. The number of hydrogen-bond acceptors (Lipinski definition) is 3. The highest BCUT2D eigenvalue weighted by Crippen LogP contribution is 2.32. The fourth-order valence-corrected chi connectivity index (χ4v) is 3.17. The van der Waals surface area contributed by atoms with Crippen LogP contribution in [0.1, 0.15) is 34.2 Å². The minimum atomic E-state index is -0.264. The fraction of sp³-hybridized carbons (Fsp3) is 0.136. The summed E-state index contributed by atoms with van der Waals surface area (Å²) in [6.07, 6.45) is 0.626. The quantitative estimate of drug-likeness (QED) is 0.741. The maximum absolute atomic E-state index is 12.3. The number of benzene rings is 2. The summed E-state index contributed by atoms with van der Waals surface area (Å²) in [6, 6.07) is 19.4. The van der Waals surface area contributed by atoms with Crippen LogP contribution in [0.15, 0.2) is 48.5 Å². The summed E-state index contributed by atoms with van der Waals surface area (Å²) in [5, 5.41) is 21.5. The molecule has 0 unspecified atom stereocenters. The Bertz CT molecular complexity index is 1080. The SMILES string of the molecule is CCc1[nH]c(C(=O)NC)c(-c2ccc(-c3ccccc3C#N)cc2)c1C#N. The Morgan fingerprint density at radius 2 is 1.70 bits per heavy atom. The van der Waals surface area contributed by atoms with Crippen molar-refractivity contribution in [2.75, 3.05) is 7.05 Å². The standard InChI is InChI=1S/C22H18N4O/c1-3-19-18(13-24)20(21(26-19)22(27)25-2)15-10-8-14(9-11-15)17-7-5-4-6-16(17)12-23/h4-11,26H,3H2,1-2H3,(H,25,27). The van der Waals surface area contributed by atoms with Crippen LogP contribution in [0.4, 0.5) is 0 Å². The third kappa shape index (κ3) is 3.19. The third-order valence-corrected chi connectivity index (χ3v) is 4.53. The van der Waals surface area contributed by atoms with Crippen LogP contribution in [0.5, 0.6) is 0 Å². The molecular formula is C22H18N4O. The van der Waals surface area contributed by atoms with Crippen molar-refractivity contribution in [2.24, 2.45) is 0 Å². The molecule has 0 saturated carbocycles. The highest BCUT2D eigenvalue weighted by molar-refractivity contribution is 6.01. The third-order valence-electron chi connectivity index (χ3n) is 4.53. The van der Waals surface area contributed by atoms with E-state index in [0.717, 1.165) is 22.4 Å². The minimum Gasteiger partial charge on any atom is -0.354 e. The van der Waals surface area contributed by atoms with Crippen LogP contribution in [-0.2, 0) is 6.42 Å². The first-order valence-electron chi connectivity index (χ1n) is 8.61. The molecule has 2 aromatic carbocycles. The van der Waals surface area contributed by atoms with Crippen LogP contribution in [-0.4, -0.2) is 17.9 Å². The molecule has 0 aliphatic rings. The molecule has 1 heterocycles. The number of carbonyl (C=O) groups is 1. The zero-order valence-corrected chi connectivity index (χ0v) is 15.1. The predicted octanol–water partition coefficient (Wildman–Crippen LogP) is 4.01. The molecule has 0 aliphatic carbocycles. The number of nitriles is 2. The summed E-state index contributed by atoms with van der Waals surface area (Å²) < 4.78 is 0. The van der Waals surface area contributed by atoms with Gasteiger partial charge in [-0.1, -0.05) is 49.4 Å². The zero-order chi connectivity index (χ0) is 19.4. The van der Waals surface area contributed by atoms with E-state index < -0.39 is 0 Å². The Morgan fingerprint density at radius 1 is 1.04 bits per heavy atom. The molecule has 0 spiro atoms. The van der Waals surface area contributed by atoms with Crippen LogP contribution in [0.3, 0.4) is 0 Å². The molecule has 0 aliphatic heterocycles. The van der Waals surface area contributed by atoms with E-state index in [0.29, 0.717) is 28.8 Å². The molecule has 0 saturated heterocycles. The summed E-state index contributed by atoms with van der Waals surface area (Å²) in [4.78, 5) is 15.4. The summed E-state index contributed by atoms with van der Waals surface area (Å²) >= 11 is 0. The van der Waals surface area contributed by atoms with E-state index >= 15 is 0 Å².